The van der Waals surface area contributed by atoms with Crippen molar-refractivity contribution in [1.29, 1.82) is 0 Å². The first-order valence-corrected chi connectivity index (χ1v) is 10.1. The number of halogens is 1. The molecule has 7 nitrogen and oxygen atoms in total. The van der Waals surface area contributed by atoms with Gasteiger partial charge in [0.05, 0.1) is 43.5 Å². The second-order valence-corrected chi connectivity index (χ2v) is 7.33. The molecule has 3 rings (SSSR count). The number of carbonyl (C=O) groups is 2. The quantitative estimate of drug-likeness (QED) is 0.390. The van der Waals surface area contributed by atoms with Crippen LogP contribution in [-0.2, 0) is 9.59 Å². The summed E-state index contributed by atoms with van der Waals surface area (Å²) >= 11 is 6.18. The minimum Gasteiger partial charge on any atom is -0.507 e. The summed E-state index contributed by atoms with van der Waals surface area (Å²) in [5.41, 5.74) is 0.739. The molecule has 0 saturated carbocycles. The fourth-order valence-corrected chi connectivity index (χ4v) is 3.99. The Labute approximate surface area is 185 Å². The summed E-state index contributed by atoms with van der Waals surface area (Å²) in [6.45, 7) is 2.25. The summed E-state index contributed by atoms with van der Waals surface area (Å²) < 4.78 is 16.1. The molecule has 1 N–H and O–H groups in total. The zero-order valence-electron chi connectivity index (χ0n) is 17.8. The number of amides is 1. The molecule has 1 atom stereocenters. The van der Waals surface area contributed by atoms with Crippen molar-refractivity contribution in [2.75, 3.05) is 27.9 Å². The number of hydrogen-bond donors (Lipinski definition) is 1. The number of aliphatic hydroxyl groups excluding tert-OH is 1. The largest absolute Gasteiger partial charge is 0.507 e. The molecule has 164 valence electrons. The van der Waals surface area contributed by atoms with Crippen LogP contribution >= 0.6 is 11.6 Å². The van der Waals surface area contributed by atoms with Gasteiger partial charge in [0.25, 0.3) is 11.7 Å². The maximum Gasteiger partial charge on any atom is 0.295 e. The molecule has 1 aliphatic rings. The molecule has 2 aromatic carbocycles. The Morgan fingerprint density at radius 1 is 1.03 bits per heavy atom. The van der Waals surface area contributed by atoms with E-state index in [0.717, 1.165) is 0 Å². The average Bonchev–Trinajstić information content (AvgIpc) is 3.03. The minimum atomic E-state index is -0.817. The Kier molecular flexibility index (Phi) is 6.75. The lowest BCUT2D eigenvalue weighted by atomic mass is 9.94. The summed E-state index contributed by atoms with van der Waals surface area (Å²) in [5.74, 6) is -0.803. The van der Waals surface area contributed by atoms with Gasteiger partial charge in [-0.2, -0.15) is 0 Å². The van der Waals surface area contributed by atoms with Crippen LogP contribution in [0.5, 0.6) is 17.2 Å². The molecule has 1 unspecified atom stereocenters. The van der Waals surface area contributed by atoms with Crippen molar-refractivity contribution in [2.24, 2.45) is 0 Å². The summed E-state index contributed by atoms with van der Waals surface area (Å²) in [4.78, 5) is 27.4. The van der Waals surface area contributed by atoms with E-state index in [0.29, 0.717) is 30.0 Å². The summed E-state index contributed by atoms with van der Waals surface area (Å²) in [6, 6.07) is 9.23. The van der Waals surface area contributed by atoms with Crippen molar-refractivity contribution < 1.29 is 28.9 Å². The zero-order chi connectivity index (χ0) is 22.7. The highest BCUT2D eigenvalue weighted by atomic mass is 35.5. The van der Waals surface area contributed by atoms with Gasteiger partial charge < -0.3 is 24.2 Å². The van der Waals surface area contributed by atoms with E-state index in [2.05, 4.69) is 0 Å². The molecule has 0 radical (unpaired) electrons. The van der Waals surface area contributed by atoms with Crippen LogP contribution in [0.3, 0.4) is 0 Å². The number of aliphatic hydroxyl groups is 1. The lowest BCUT2D eigenvalue weighted by Crippen LogP contribution is -2.30. The van der Waals surface area contributed by atoms with Gasteiger partial charge >= 0.3 is 0 Å². The number of ketones is 1. The summed E-state index contributed by atoms with van der Waals surface area (Å²) in [6.07, 6.45) is 0.636. The van der Waals surface area contributed by atoms with Gasteiger partial charge in [-0.05, 0) is 18.6 Å². The van der Waals surface area contributed by atoms with Crippen LogP contribution in [0.1, 0.15) is 30.5 Å². The molecule has 1 fully saturated rings. The highest BCUT2D eigenvalue weighted by molar-refractivity contribution is 6.46. The molecule has 2 aromatic rings. The minimum absolute atomic E-state index is 0.0503. The standard InChI is InChI=1S/C23H24ClNO6/c1-5-10-25-20(13-8-6-7-9-16(13)29-2)19(22(27)23(25)28)21(26)14-11-18(31-4)15(24)12-17(14)30-3/h6-9,11-12,20,26H,5,10H2,1-4H3/b21-19+. The van der Waals surface area contributed by atoms with Gasteiger partial charge in [-0.25, -0.2) is 0 Å². The van der Waals surface area contributed by atoms with Gasteiger partial charge in [-0.1, -0.05) is 36.7 Å². The number of likely N-dealkylation sites (tertiary alicyclic amines) is 1. The third-order valence-corrected chi connectivity index (χ3v) is 5.46. The number of para-hydroxylation sites is 1. The van der Waals surface area contributed by atoms with Crippen molar-refractivity contribution in [3.63, 3.8) is 0 Å². The summed E-state index contributed by atoms with van der Waals surface area (Å²) in [5, 5.41) is 11.6. The fraction of sp³-hybridized carbons (Fsp3) is 0.304. The van der Waals surface area contributed by atoms with Crippen molar-refractivity contribution in [2.45, 2.75) is 19.4 Å². The molecule has 0 bridgehead atoms. The number of rotatable bonds is 7. The third-order valence-electron chi connectivity index (χ3n) is 5.17. The van der Waals surface area contributed by atoms with Crippen molar-refractivity contribution >= 4 is 29.1 Å². The lowest BCUT2D eigenvalue weighted by Gasteiger charge is -2.26. The van der Waals surface area contributed by atoms with E-state index in [1.54, 1.807) is 24.3 Å². The van der Waals surface area contributed by atoms with Crippen LogP contribution in [0, 0.1) is 0 Å². The number of benzene rings is 2. The van der Waals surface area contributed by atoms with Gasteiger partial charge in [0, 0.05) is 18.2 Å². The smallest absolute Gasteiger partial charge is 0.295 e. The zero-order valence-corrected chi connectivity index (χ0v) is 18.5. The average molecular weight is 446 g/mol. The number of hydrogen-bond acceptors (Lipinski definition) is 6. The molecule has 0 aromatic heterocycles. The molecule has 1 aliphatic heterocycles. The Hall–Kier alpha value is -3.19. The van der Waals surface area contributed by atoms with E-state index >= 15 is 0 Å². The molecule has 31 heavy (non-hydrogen) atoms. The molecule has 8 heteroatoms. The Bertz CT molecular complexity index is 1050. The van der Waals surface area contributed by atoms with E-state index < -0.39 is 17.7 Å². The monoisotopic (exact) mass is 445 g/mol. The highest BCUT2D eigenvalue weighted by Crippen LogP contribution is 2.45. The molecule has 0 aliphatic carbocycles. The Morgan fingerprint density at radius 3 is 2.29 bits per heavy atom. The van der Waals surface area contributed by atoms with E-state index in [-0.39, 0.29) is 27.7 Å². The number of methoxy groups -OCH3 is 3. The fourth-order valence-electron chi connectivity index (χ4n) is 3.76. The number of carbonyl (C=O) groups excluding carboxylic acids is 2. The first kappa shape index (κ1) is 22.5. The molecule has 1 saturated heterocycles. The van der Waals surface area contributed by atoms with Crippen LogP contribution in [0.2, 0.25) is 5.02 Å². The first-order valence-electron chi connectivity index (χ1n) is 9.72. The van der Waals surface area contributed by atoms with Crippen molar-refractivity contribution in [3.05, 3.63) is 58.1 Å². The van der Waals surface area contributed by atoms with Crippen LogP contribution in [0.15, 0.2) is 42.0 Å². The van der Waals surface area contributed by atoms with Crippen LogP contribution in [0.25, 0.3) is 5.76 Å². The number of ether oxygens (including phenoxy) is 3. The summed E-state index contributed by atoms with van der Waals surface area (Å²) in [7, 11) is 4.37. The predicted octanol–water partition coefficient (Wildman–Crippen LogP) is 4.20. The highest BCUT2D eigenvalue weighted by Gasteiger charge is 2.47. The Balaban J connectivity index is 2.31. The molecule has 0 spiro atoms. The Morgan fingerprint density at radius 2 is 1.68 bits per heavy atom. The maximum absolute atomic E-state index is 13.1. The van der Waals surface area contributed by atoms with E-state index in [4.69, 9.17) is 25.8 Å². The van der Waals surface area contributed by atoms with E-state index in [9.17, 15) is 14.7 Å². The molecule has 1 heterocycles. The van der Waals surface area contributed by atoms with Crippen LogP contribution in [0.4, 0.5) is 0 Å². The number of nitrogens with zero attached hydrogens (tertiary/aromatic N) is 1. The van der Waals surface area contributed by atoms with E-state index in [1.807, 2.05) is 6.92 Å². The van der Waals surface area contributed by atoms with Crippen LogP contribution in [-0.4, -0.2) is 49.6 Å². The third kappa shape index (κ3) is 3.93. The van der Waals surface area contributed by atoms with Crippen LogP contribution < -0.4 is 14.2 Å². The normalized spacial score (nSPS) is 17.7. The SMILES string of the molecule is CCCN1C(=O)C(=O)/C(=C(/O)c2cc(OC)c(Cl)cc2OC)C1c1ccccc1OC. The second kappa shape index (κ2) is 9.31. The van der Waals surface area contributed by atoms with Crippen molar-refractivity contribution in [3.8, 4) is 17.2 Å². The maximum atomic E-state index is 13.1. The molecule has 1 amide bonds. The van der Waals surface area contributed by atoms with E-state index in [1.165, 1.54) is 38.4 Å². The number of Topliss-reactive ketones (excluding diaryl/α,β-unsaturated/α-hetero) is 1. The lowest BCUT2D eigenvalue weighted by molar-refractivity contribution is -0.139. The van der Waals surface area contributed by atoms with Gasteiger partial charge in [-0.3, -0.25) is 9.59 Å². The van der Waals surface area contributed by atoms with Gasteiger partial charge in [-0.15, -0.1) is 0 Å². The predicted molar refractivity (Wildman–Crippen MR) is 117 cm³/mol. The van der Waals surface area contributed by atoms with Gasteiger partial charge in [0.15, 0.2) is 0 Å². The van der Waals surface area contributed by atoms with Gasteiger partial charge in [0.1, 0.15) is 23.0 Å². The van der Waals surface area contributed by atoms with Crippen molar-refractivity contribution in [1.82, 2.24) is 4.90 Å². The first-order chi connectivity index (χ1) is 14.9. The molecular formula is C23H24ClNO6. The van der Waals surface area contributed by atoms with Gasteiger partial charge in [0.2, 0.25) is 0 Å². The molecular weight excluding hydrogens is 422 g/mol. The second-order valence-electron chi connectivity index (χ2n) is 6.92. The topological polar surface area (TPSA) is 85.3 Å².